The lowest BCUT2D eigenvalue weighted by molar-refractivity contribution is -0.117. The molecule has 1 aliphatic heterocycles. The summed E-state index contributed by atoms with van der Waals surface area (Å²) < 4.78 is 7.12. The number of nitrogens with one attached hydrogen (secondary N) is 1. The van der Waals surface area contributed by atoms with Crippen LogP contribution in [0.5, 0.6) is 5.75 Å². The predicted molar refractivity (Wildman–Crippen MR) is 105 cm³/mol. The van der Waals surface area contributed by atoms with Crippen LogP contribution in [0.2, 0.25) is 0 Å². The van der Waals surface area contributed by atoms with E-state index >= 15 is 0 Å². The minimum absolute atomic E-state index is 0.117. The van der Waals surface area contributed by atoms with Gasteiger partial charge in [0.15, 0.2) is 0 Å². The Balaban J connectivity index is 1.56. The van der Waals surface area contributed by atoms with Gasteiger partial charge in [-0.25, -0.2) is 4.68 Å². The van der Waals surface area contributed by atoms with Gasteiger partial charge in [-0.1, -0.05) is 19.3 Å². The zero-order valence-corrected chi connectivity index (χ0v) is 16.0. The number of ether oxygens (including phenoxy) is 1. The number of anilines is 1. The predicted octanol–water partition coefficient (Wildman–Crippen LogP) is 4.54. The van der Waals surface area contributed by atoms with Crippen molar-refractivity contribution in [1.29, 1.82) is 0 Å². The van der Waals surface area contributed by atoms with Crippen LogP contribution in [-0.4, -0.2) is 22.8 Å². The Bertz CT molecular complexity index is 779. The number of benzene rings is 1. The average molecular weight is 372 g/mol. The Kier molecular flexibility index (Phi) is 5.20. The summed E-state index contributed by atoms with van der Waals surface area (Å²) in [6, 6.07) is 7.80. The first-order valence-electron chi connectivity index (χ1n) is 9.37. The Morgan fingerprint density at radius 3 is 2.73 bits per heavy atom. The first-order chi connectivity index (χ1) is 12.7. The van der Waals surface area contributed by atoms with Crippen LogP contribution in [0.1, 0.15) is 49.8 Å². The van der Waals surface area contributed by atoms with E-state index < -0.39 is 0 Å². The van der Waals surface area contributed by atoms with Crippen molar-refractivity contribution in [2.24, 2.45) is 5.92 Å². The maximum atomic E-state index is 12.7. The SMILES string of the molecule is COc1ccc(-n2nc3c(c2NC(=O)CC2CCCCC2)CSC3)cc1. The molecular weight excluding hydrogens is 346 g/mol. The summed E-state index contributed by atoms with van der Waals surface area (Å²) in [5.74, 6) is 4.12. The summed E-state index contributed by atoms with van der Waals surface area (Å²) in [6.45, 7) is 0. The van der Waals surface area contributed by atoms with E-state index in [-0.39, 0.29) is 5.91 Å². The molecule has 2 heterocycles. The van der Waals surface area contributed by atoms with Crippen LogP contribution >= 0.6 is 11.8 Å². The number of hydrogen-bond acceptors (Lipinski definition) is 4. The second-order valence-corrected chi connectivity index (χ2v) is 8.12. The molecular formula is C20H25N3O2S. The van der Waals surface area contributed by atoms with Gasteiger partial charge in [-0.15, -0.1) is 0 Å². The van der Waals surface area contributed by atoms with Crippen molar-refractivity contribution in [2.75, 3.05) is 12.4 Å². The lowest BCUT2D eigenvalue weighted by Crippen LogP contribution is -2.20. The van der Waals surface area contributed by atoms with Gasteiger partial charge in [0.25, 0.3) is 0 Å². The molecule has 0 radical (unpaired) electrons. The van der Waals surface area contributed by atoms with Crippen LogP contribution in [0.15, 0.2) is 24.3 Å². The molecule has 4 rings (SSSR count). The van der Waals surface area contributed by atoms with Crippen LogP contribution in [-0.2, 0) is 16.3 Å². The summed E-state index contributed by atoms with van der Waals surface area (Å²) in [7, 11) is 1.66. The summed E-state index contributed by atoms with van der Waals surface area (Å²) in [6.07, 6.45) is 6.81. The summed E-state index contributed by atoms with van der Waals surface area (Å²) in [5.41, 5.74) is 3.19. The molecule has 0 atom stereocenters. The molecule has 138 valence electrons. The fourth-order valence-corrected chi connectivity index (χ4v) is 4.92. The molecule has 1 aromatic heterocycles. The van der Waals surface area contributed by atoms with Gasteiger partial charge in [0.1, 0.15) is 11.6 Å². The minimum Gasteiger partial charge on any atom is -0.497 e. The number of amides is 1. The normalized spacial score (nSPS) is 17.1. The van der Waals surface area contributed by atoms with E-state index in [9.17, 15) is 4.79 Å². The monoisotopic (exact) mass is 371 g/mol. The molecule has 6 heteroatoms. The zero-order valence-electron chi connectivity index (χ0n) is 15.2. The van der Waals surface area contributed by atoms with E-state index in [2.05, 4.69) is 5.32 Å². The molecule has 1 fully saturated rings. The van der Waals surface area contributed by atoms with Gasteiger partial charge in [0.2, 0.25) is 5.91 Å². The Morgan fingerprint density at radius 1 is 1.23 bits per heavy atom. The third-order valence-corrected chi connectivity index (χ3v) is 6.30. The number of hydrogen-bond donors (Lipinski definition) is 1. The van der Waals surface area contributed by atoms with Crippen molar-refractivity contribution >= 4 is 23.5 Å². The smallest absolute Gasteiger partial charge is 0.225 e. The first kappa shape index (κ1) is 17.5. The average Bonchev–Trinajstić information content (AvgIpc) is 3.25. The molecule has 0 saturated heterocycles. The highest BCUT2D eigenvalue weighted by Gasteiger charge is 2.25. The van der Waals surface area contributed by atoms with Crippen LogP contribution in [0.25, 0.3) is 5.69 Å². The van der Waals surface area contributed by atoms with E-state index in [0.717, 1.165) is 34.5 Å². The van der Waals surface area contributed by atoms with E-state index in [0.29, 0.717) is 12.3 Å². The molecule has 1 amide bonds. The summed E-state index contributed by atoms with van der Waals surface area (Å²) in [5, 5.41) is 7.94. The van der Waals surface area contributed by atoms with Crippen LogP contribution in [0.3, 0.4) is 0 Å². The Labute approximate surface area is 158 Å². The maximum Gasteiger partial charge on any atom is 0.225 e. The molecule has 1 aromatic carbocycles. The number of nitrogens with zero attached hydrogens (tertiary/aromatic N) is 2. The van der Waals surface area contributed by atoms with Crippen molar-refractivity contribution < 1.29 is 9.53 Å². The van der Waals surface area contributed by atoms with Crippen LogP contribution < -0.4 is 10.1 Å². The van der Waals surface area contributed by atoms with Crippen LogP contribution in [0.4, 0.5) is 5.82 Å². The standard InChI is InChI=1S/C20H25N3O2S/c1-25-16-9-7-15(8-10-16)23-20(17-12-26-13-18(17)22-23)21-19(24)11-14-5-3-2-4-6-14/h7-10,14H,2-6,11-13H2,1H3,(H,21,24). The highest BCUT2D eigenvalue weighted by Crippen LogP contribution is 2.36. The van der Waals surface area contributed by atoms with E-state index in [1.807, 2.05) is 40.7 Å². The molecule has 0 unspecified atom stereocenters. The molecule has 1 aliphatic carbocycles. The quantitative estimate of drug-likeness (QED) is 0.838. The summed E-state index contributed by atoms with van der Waals surface area (Å²) in [4.78, 5) is 12.7. The number of thioether (sulfide) groups is 1. The number of methoxy groups -OCH3 is 1. The topological polar surface area (TPSA) is 56.1 Å². The fraction of sp³-hybridized carbons (Fsp3) is 0.500. The molecule has 2 aliphatic rings. The van der Waals surface area contributed by atoms with Gasteiger partial charge in [-0.3, -0.25) is 4.79 Å². The van der Waals surface area contributed by atoms with E-state index in [1.54, 1.807) is 7.11 Å². The van der Waals surface area contributed by atoms with Crippen molar-refractivity contribution in [3.63, 3.8) is 0 Å². The molecule has 1 saturated carbocycles. The molecule has 1 N–H and O–H groups in total. The van der Waals surface area contributed by atoms with Crippen molar-refractivity contribution in [3.05, 3.63) is 35.5 Å². The lowest BCUT2D eigenvalue weighted by Gasteiger charge is -2.21. The maximum absolute atomic E-state index is 12.7. The molecule has 26 heavy (non-hydrogen) atoms. The minimum atomic E-state index is 0.117. The second kappa shape index (κ2) is 7.74. The first-order valence-corrected chi connectivity index (χ1v) is 10.5. The third-order valence-electron chi connectivity index (χ3n) is 5.33. The number of aromatic nitrogens is 2. The number of carbonyl (C=O) groups excluding carboxylic acids is 1. The fourth-order valence-electron chi connectivity index (χ4n) is 3.89. The third kappa shape index (κ3) is 3.61. The van der Waals surface area contributed by atoms with Gasteiger partial charge in [0, 0.05) is 23.5 Å². The Hall–Kier alpha value is -1.95. The Morgan fingerprint density at radius 2 is 2.00 bits per heavy atom. The van der Waals surface area contributed by atoms with Gasteiger partial charge in [0.05, 0.1) is 18.5 Å². The van der Waals surface area contributed by atoms with E-state index in [4.69, 9.17) is 9.84 Å². The molecule has 0 bridgehead atoms. The van der Waals surface area contributed by atoms with Crippen LogP contribution in [0, 0.1) is 5.92 Å². The molecule has 2 aromatic rings. The van der Waals surface area contributed by atoms with Gasteiger partial charge >= 0.3 is 0 Å². The molecule has 5 nitrogen and oxygen atoms in total. The number of rotatable bonds is 5. The summed E-state index contributed by atoms with van der Waals surface area (Å²) >= 11 is 1.85. The highest BCUT2D eigenvalue weighted by molar-refractivity contribution is 7.98. The van der Waals surface area contributed by atoms with Crippen molar-refractivity contribution in [2.45, 2.75) is 50.0 Å². The highest BCUT2D eigenvalue weighted by atomic mass is 32.2. The van der Waals surface area contributed by atoms with Gasteiger partial charge in [-0.05, 0) is 43.0 Å². The van der Waals surface area contributed by atoms with Crippen molar-refractivity contribution in [1.82, 2.24) is 9.78 Å². The van der Waals surface area contributed by atoms with Gasteiger partial charge in [-0.2, -0.15) is 16.9 Å². The largest absolute Gasteiger partial charge is 0.497 e. The zero-order chi connectivity index (χ0) is 17.9. The number of carbonyl (C=O) groups is 1. The molecule has 0 spiro atoms. The van der Waals surface area contributed by atoms with Gasteiger partial charge < -0.3 is 10.1 Å². The number of fused-ring (bicyclic) bond motifs is 1. The lowest BCUT2D eigenvalue weighted by atomic mass is 9.87. The second-order valence-electron chi connectivity index (χ2n) is 7.13. The van der Waals surface area contributed by atoms with E-state index in [1.165, 1.54) is 37.7 Å². The van der Waals surface area contributed by atoms with Crippen molar-refractivity contribution in [3.8, 4) is 11.4 Å².